The van der Waals surface area contributed by atoms with Crippen LogP contribution in [0.3, 0.4) is 0 Å². The van der Waals surface area contributed by atoms with Gasteiger partial charge in [0.05, 0.1) is 5.02 Å². The van der Waals surface area contributed by atoms with E-state index in [2.05, 4.69) is 9.97 Å². The molecule has 0 spiro atoms. The number of nitrogens with zero attached hydrogens (tertiary/aromatic N) is 2. The number of aromatic nitrogens is 2. The third kappa shape index (κ3) is 2.88. The molecule has 0 bridgehead atoms. The molecule has 100 valence electrons. The maximum Gasteiger partial charge on any atom is 0.257 e. The molecular formula is C12H10Cl2FN3O. The van der Waals surface area contributed by atoms with Crippen LogP contribution in [0.1, 0.15) is 18.6 Å². The highest BCUT2D eigenvalue weighted by atomic mass is 35.5. The molecule has 0 radical (unpaired) electrons. The van der Waals surface area contributed by atoms with Crippen LogP contribution in [0.5, 0.6) is 5.88 Å². The van der Waals surface area contributed by atoms with Gasteiger partial charge < -0.3 is 10.5 Å². The minimum atomic E-state index is -0.616. The van der Waals surface area contributed by atoms with Gasteiger partial charge in [-0.15, -0.1) is 0 Å². The first-order valence-corrected chi connectivity index (χ1v) is 6.13. The van der Waals surface area contributed by atoms with Gasteiger partial charge >= 0.3 is 0 Å². The van der Waals surface area contributed by atoms with E-state index in [1.807, 2.05) is 0 Å². The summed E-state index contributed by atoms with van der Waals surface area (Å²) in [4.78, 5) is 7.77. The average molecular weight is 302 g/mol. The molecule has 0 aliphatic heterocycles. The molecule has 2 aromatic rings. The second kappa shape index (κ2) is 5.59. The summed E-state index contributed by atoms with van der Waals surface area (Å²) in [5.74, 6) is -0.284. The van der Waals surface area contributed by atoms with Crippen molar-refractivity contribution in [2.75, 3.05) is 5.73 Å². The van der Waals surface area contributed by atoms with Crippen LogP contribution in [0.15, 0.2) is 24.5 Å². The molecule has 1 unspecified atom stereocenters. The Hall–Kier alpha value is -1.59. The lowest BCUT2D eigenvalue weighted by atomic mass is 10.1. The number of benzene rings is 1. The predicted molar refractivity (Wildman–Crippen MR) is 71.9 cm³/mol. The Kier molecular flexibility index (Phi) is 4.07. The van der Waals surface area contributed by atoms with Gasteiger partial charge in [0.25, 0.3) is 5.88 Å². The predicted octanol–water partition coefficient (Wildman–Crippen LogP) is 3.64. The number of hydrogen-bond donors (Lipinski definition) is 1. The molecule has 0 aliphatic rings. The fourth-order valence-electron chi connectivity index (χ4n) is 1.57. The maximum atomic E-state index is 13.4. The van der Waals surface area contributed by atoms with E-state index in [9.17, 15) is 4.39 Å². The van der Waals surface area contributed by atoms with Gasteiger partial charge in [0.2, 0.25) is 0 Å². The van der Waals surface area contributed by atoms with Crippen molar-refractivity contribution < 1.29 is 9.13 Å². The molecule has 0 aliphatic carbocycles. The van der Waals surface area contributed by atoms with Gasteiger partial charge in [-0.3, -0.25) is 0 Å². The van der Waals surface area contributed by atoms with Crippen LogP contribution in [0.2, 0.25) is 10.0 Å². The zero-order valence-corrected chi connectivity index (χ0v) is 11.4. The smallest absolute Gasteiger partial charge is 0.257 e. The van der Waals surface area contributed by atoms with E-state index < -0.39 is 11.9 Å². The summed E-state index contributed by atoms with van der Waals surface area (Å²) in [6.07, 6.45) is 2.26. The molecule has 2 rings (SSSR count). The van der Waals surface area contributed by atoms with Crippen LogP contribution < -0.4 is 10.5 Å². The van der Waals surface area contributed by atoms with E-state index in [1.165, 1.54) is 24.5 Å². The Balaban J connectivity index is 2.33. The molecule has 0 amide bonds. The average Bonchev–Trinajstić information content (AvgIpc) is 2.37. The summed E-state index contributed by atoms with van der Waals surface area (Å²) < 4.78 is 19.0. The highest BCUT2D eigenvalue weighted by Crippen LogP contribution is 2.34. The lowest BCUT2D eigenvalue weighted by Gasteiger charge is -2.17. The SMILES string of the molecule is CC(Oc1nccnc1N)c1c(Cl)ccc(F)c1Cl. The molecule has 19 heavy (non-hydrogen) atoms. The summed E-state index contributed by atoms with van der Waals surface area (Å²) in [6.45, 7) is 1.67. The monoisotopic (exact) mass is 301 g/mol. The maximum absolute atomic E-state index is 13.4. The molecule has 0 saturated heterocycles. The molecular weight excluding hydrogens is 292 g/mol. The van der Waals surface area contributed by atoms with Crippen LogP contribution in [0.4, 0.5) is 10.2 Å². The van der Waals surface area contributed by atoms with Crippen molar-refractivity contribution in [2.45, 2.75) is 13.0 Å². The number of ether oxygens (including phenoxy) is 1. The largest absolute Gasteiger partial charge is 0.467 e. The van der Waals surface area contributed by atoms with E-state index >= 15 is 0 Å². The van der Waals surface area contributed by atoms with Gasteiger partial charge in [-0.25, -0.2) is 14.4 Å². The van der Waals surface area contributed by atoms with Crippen molar-refractivity contribution in [1.29, 1.82) is 0 Å². The number of rotatable bonds is 3. The van der Waals surface area contributed by atoms with Crippen molar-refractivity contribution in [3.05, 3.63) is 46.0 Å². The molecule has 1 heterocycles. The first-order chi connectivity index (χ1) is 9.00. The minimum Gasteiger partial charge on any atom is -0.467 e. The molecule has 1 aromatic carbocycles. The summed E-state index contributed by atoms with van der Waals surface area (Å²) in [5, 5.41) is 0.226. The lowest BCUT2D eigenvalue weighted by molar-refractivity contribution is 0.218. The molecule has 0 fully saturated rings. The third-order valence-corrected chi connectivity index (χ3v) is 3.18. The second-order valence-electron chi connectivity index (χ2n) is 3.76. The molecule has 2 N–H and O–H groups in total. The Morgan fingerprint density at radius 1 is 1.26 bits per heavy atom. The van der Waals surface area contributed by atoms with Gasteiger partial charge in [0, 0.05) is 23.0 Å². The van der Waals surface area contributed by atoms with Crippen molar-refractivity contribution in [1.82, 2.24) is 9.97 Å². The summed E-state index contributed by atoms with van der Waals surface area (Å²) >= 11 is 11.9. The van der Waals surface area contributed by atoms with Crippen LogP contribution in [0.25, 0.3) is 0 Å². The van der Waals surface area contributed by atoms with Crippen molar-refractivity contribution in [3.8, 4) is 5.88 Å². The van der Waals surface area contributed by atoms with E-state index in [1.54, 1.807) is 6.92 Å². The van der Waals surface area contributed by atoms with Crippen molar-refractivity contribution >= 4 is 29.0 Å². The fourth-order valence-corrected chi connectivity index (χ4v) is 2.25. The topological polar surface area (TPSA) is 61.0 Å². The van der Waals surface area contributed by atoms with E-state index in [-0.39, 0.29) is 16.7 Å². The van der Waals surface area contributed by atoms with Crippen molar-refractivity contribution in [2.24, 2.45) is 0 Å². The Morgan fingerprint density at radius 2 is 1.95 bits per heavy atom. The van der Waals surface area contributed by atoms with Gasteiger partial charge in [0.1, 0.15) is 11.9 Å². The van der Waals surface area contributed by atoms with Gasteiger partial charge in [-0.05, 0) is 19.1 Å². The van der Waals surface area contributed by atoms with E-state index in [0.717, 1.165) is 0 Å². The molecule has 4 nitrogen and oxygen atoms in total. The van der Waals surface area contributed by atoms with Gasteiger partial charge in [-0.1, -0.05) is 23.2 Å². The quantitative estimate of drug-likeness (QED) is 0.879. The summed E-state index contributed by atoms with van der Waals surface area (Å²) in [5.41, 5.74) is 5.96. The van der Waals surface area contributed by atoms with Crippen molar-refractivity contribution in [3.63, 3.8) is 0 Å². The first-order valence-electron chi connectivity index (χ1n) is 5.37. The number of hydrogen-bond acceptors (Lipinski definition) is 4. The molecule has 1 atom stereocenters. The second-order valence-corrected chi connectivity index (χ2v) is 4.55. The van der Waals surface area contributed by atoms with E-state index in [0.29, 0.717) is 10.6 Å². The van der Waals surface area contributed by atoms with E-state index in [4.69, 9.17) is 33.7 Å². The Labute approximate surface area is 119 Å². The van der Waals surface area contributed by atoms with Crippen LogP contribution in [-0.4, -0.2) is 9.97 Å². The number of halogens is 3. The lowest BCUT2D eigenvalue weighted by Crippen LogP contribution is -2.09. The van der Waals surface area contributed by atoms with Gasteiger partial charge in [-0.2, -0.15) is 0 Å². The molecule has 0 saturated carbocycles. The third-order valence-electron chi connectivity index (χ3n) is 2.47. The van der Waals surface area contributed by atoms with Crippen LogP contribution >= 0.6 is 23.2 Å². The van der Waals surface area contributed by atoms with Crippen LogP contribution in [0, 0.1) is 5.82 Å². The molecule has 1 aromatic heterocycles. The van der Waals surface area contributed by atoms with Gasteiger partial charge in [0.15, 0.2) is 5.82 Å². The first kappa shape index (κ1) is 13.8. The number of nitrogens with two attached hydrogens (primary N) is 1. The zero-order valence-electron chi connectivity index (χ0n) is 9.90. The fraction of sp³-hybridized carbons (Fsp3) is 0.167. The highest BCUT2D eigenvalue weighted by molar-refractivity contribution is 6.36. The summed E-state index contributed by atoms with van der Waals surface area (Å²) in [6, 6.07) is 2.61. The number of nitrogen functional groups attached to an aromatic ring is 1. The van der Waals surface area contributed by atoms with Crippen LogP contribution in [-0.2, 0) is 0 Å². The Morgan fingerprint density at radius 3 is 2.63 bits per heavy atom. The number of anilines is 1. The zero-order chi connectivity index (χ0) is 14.0. The normalized spacial score (nSPS) is 12.2. The minimum absolute atomic E-state index is 0.0811. The standard InChI is InChI=1S/C12H10Cl2FN3O/c1-6(19-12-11(16)17-4-5-18-12)9-7(13)2-3-8(15)10(9)14/h2-6H,1H3,(H2,16,17). The Bertz CT molecular complexity index is 610. The highest BCUT2D eigenvalue weighted by Gasteiger charge is 2.19. The molecule has 7 heteroatoms. The summed E-state index contributed by atoms with van der Waals surface area (Å²) in [7, 11) is 0.